The Hall–Kier alpha value is -1.79. The second kappa shape index (κ2) is 7.85. The minimum atomic E-state index is -0.165. The van der Waals surface area contributed by atoms with E-state index >= 15 is 0 Å². The molecule has 1 saturated heterocycles. The molecule has 0 saturated carbocycles. The molecule has 0 spiro atoms. The van der Waals surface area contributed by atoms with Gasteiger partial charge in [0.1, 0.15) is 11.5 Å². The van der Waals surface area contributed by atoms with E-state index in [4.69, 9.17) is 9.15 Å². The van der Waals surface area contributed by atoms with Crippen molar-refractivity contribution >= 4 is 17.4 Å². The second-order valence-corrected chi connectivity index (χ2v) is 7.25. The van der Waals surface area contributed by atoms with Gasteiger partial charge in [-0.15, -0.1) is 11.3 Å². The summed E-state index contributed by atoms with van der Waals surface area (Å²) < 4.78 is 11.3. The fourth-order valence-electron chi connectivity index (χ4n) is 2.88. The van der Waals surface area contributed by atoms with Crippen LogP contribution in [0.15, 0.2) is 34.1 Å². The highest BCUT2D eigenvalue weighted by Crippen LogP contribution is 2.19. The quantitative estimate of drug-likeness (QED) is 0.855. The first-order chi connectivity index (χ1) is 11.6. The third-order valence-electron chi connectivity index (χ3n) is 4.19. The van der Waals surface area contributed by atoms with Crippen LogP contribution in [0.2, 0.25) is 0 Å². The van der Waals surface area contributed by atoms with E-state index in [9.17, 15) is 4.79 Å². The molecule has 1 fully saturated rings. The lowest BCUT2D eigenvalue weighted by molar-refractivity contribution is 0.0791. The molecule has 24 heavy (non-hydrogen) atoms. The van der Waals surface area contributed by atoms with Gasteiger partial charge in [0, 0.05) is 18.0 Å². The molecular formula is C18H24N2O3S. The van der Waals surface area contributed by atoms with Gasteiger partial charge in [-0.05, 0) is 50.3 Å². The molecule has 0 bridgehead atoms. The molecule has 6 heteroatoms. The van der Waals surface area contributed by atoms with Gasteiger partial charge in [0.05, 0.1) is 18.7 Å². The lowest BCUT2D eigenvalue weighted by Crippen LogP contribution is -2.43. The number of carbonyl (C=O) groups excluding carboxylic acids is 1. The van der Waals surface area contributed by atoms with E-state index in [0.29, 0.717) is 13.1 Å². The van der Waals surface area contributed by atoms with E-state index < -0.39 is 0 Å². The van der Waals surface area contributed by atoms with Gasteiger partial charge in [-0.3, -0.25) is 0 Å². The fraction of sp³-hybridized carbons (Fsp3) is 0.500. The van der Waals surface area contributed by atoms with E-state index in [1.807, 2.05) is 42.3 Å². The molecule has 0 aromatic carbocycles. The van der Waals surface area contributed by atoms with Crippen molar-refractivity contribution in [1.82, 2.24) is 10.2 Å². The van der Waals surface area contributed by atoms with Gasteiger partial charge < -0.3 is 19.4 Å². The molecule has 2 aromatic rings. The molecule has 5 nitrogen and oxygen atoms in total. The number of carbonyl (C=O) groups is 1. The monoisotopic (exact) mass is 348 g/mol. The standard InChI is InChI=1S/C18H24N2O3S/c1-13-7-8-17(23-13)14(2)19-18(21)20(11-15-5-3-9-22-15)12-16-6-4-10-24-16/h4,6-8,10,14-15H,3,5,9,11-12H2,1-2H3,(H,19,21)/t14-,15-/m0/s1. The number of hydrogen-bond donors (Lipinski definition) is 1. The summed E-state index contributed by atoms with van der Waals surface area (Å²) in [6.45, 7) is 5.85. The molecule has 130 valence electrons. The third kappa shape index (κ3) is 4.39. The molecule has 3 heterocycles. The molecular weight excluding hydrogens is 324 g/mol. The number of hydrogen-bond acceptors (Lipinski definition) is 4. The molecule has 2 amide bonds. The van der Waals surface area contributed by atoms with Crippen LogP contribution in [0, 0.1) is 6.92 Å². The lowest BCUT2D eigenvalue weighted by Gasteiger charge is -2.26. The van der Waals surface area contributed by atoms with Gasteiger partial charge in [-0.1, -0.05) is 6.07 Å². The van der Waals surface area contributed by atoms with Crippen LogP contribution in [0.4, 0.5) is 4.79 Å². The summed E-state index contributed by atoms with van der Waals surface area (Å²) >= 11 is 1.66. The Morgan fingerprint density at radius 3 is 2.96 bits per heavy atom. The van der Waals surface area contributed by atoms with Crippen molar-refractivity contribution in [2.45, 2.75) is 45.4 Å². The van der Waals surface area contributed by atoms with Gasteiger partial charge in [0.25, 0.3) is 0 Å². The predicted molar refractivity (Wildman–Crippen MR) is 94.1 cm³/mol. The summed E-state index contributed by atoms with van der Waals surface area (Å²) in [5, 5.41) is 5.07. The van der Waals surface area contributed by atoms with Crippen LogP contribution in [-0.4, -0.2) is 30.2 Å². The average molecular weight is 348 g/mol. The number of nitrogens with one attached hydrogen (secondary N) is 1. The molecule has 1 N–H and O–H groups in total. The topological polar surface area (TPSA) is 54.7 Å². The van der Waals surface area contributed by atoms with Gasteiger partial charge >= 0.3 is 6.03 Å². The summed E-state index contributed by atoms with van der Waals surface area (Å²) in [7, 11) is 0. The predicted octanol–water partition coefficient (Wildman–Crippen LogP) is 4.10. The Labute approximate surface area is 146 Å². The maximum Gasteiger partial charge on any atom is 0.318 e. The SMILES string of the molecule is Cc1ccc([C@H](C)NC(=O)N(Cc2cccs2)C[C@@H]2CCCO2)o1. The smallest absolute Gasteiger partial charge is 0.318 e. The number of thiophene rings is 1. The molecule has 0 unspecified atom stereocenters. The highest BCUT2D eigenvalue weighted by molar-refractivity contribution is 7.09. The Balaban J connectivity index is 1.64. The minimum absolute atomic E-state index is 0.0829. The van der Waals surface area contributed by atoms with E-state index in [1.165, 1.54) is 4.88 Å². The van der Waals surface area contributed by atoms with E-state index in [0.717, 1.165) is 31.0 Å². The number of amides is 2. The number of aryl methyl sites for hydroxylation is 1. The summed E-state index contributed by atoms with van der Waals surface area (Å²) in [6.07, 6.45) is 2.22. The van der Waals surface area contributed by atoms with Crippen LogP contribution in [0.1, 0.15) is 42.2 Å². The summed E-state index contributed by atoms with van der Waals surface area (Å²) in [5.74, 6) is 1.62. The van der Waals surface area contributed by atoms with Gasteiger partial charge in [0.15, 0.2) is 0 Å². The first-order valence-electron chi connectivity index (χ1n) is 8.37. The summed E-state index contributed by atoms with van der Waals surface area (Å²) in [5.41, 5.74) is 0. The number of furan rings is 1. The maximum absolute atomic E-state index is 12.8. The fourth-order valence-corrected chi connectivity index (χ4v) is 3.60. The van der Waals surface area contributed by atoms with Crippen molar-refractivity contribution in [3.8, 4) is 0 Å². The molecule has 0 radical (unpaired) electrons. The van der Waals surface area contributed by atoms with Crippen molar-refractivity contribution in [2.75, 3.05) is 13.2 Å². The van der Waals surface area contributed by atoms with Crippen LogP contribution in [0.25, 0.3) is 0 Å². The van der Waals surface area contributed by atoms with Gasteiger partial charge in [0.2, 0.25) is 0 Å². The maximum atomic E-state index is 12.8. The summed E-state index contributed by atoms with van der Waals surface area (Å²) in [6, 6.07) is 7.63. The van der Waals surface area contributed by atoms with Crippen molar-refractivity contribution in [2.24, 2.45) is 0 Å². The van der Waals surface area contributed by atoms with E-state index in [2.05, 4.69) is 11.4 Å². The highest BCUT2D eigenvalue weighted by atomic mass is 32.1. The molecule has 3 rings (SSSR count). The Kier molecular flexibility index (Phi) is 5.58. The number of nitrogens with zero attached hydrogens (tertiary/aromatic N) is 1. The van der Waals surface area contributed by atoms with Crippen LogP contribution < -0.4 is 5.32 Å². The van der Waals surface area contributed by atoms with E-state index in [1.54, 1.807) is 11.3 Å². The molecule has 1 aliphatic heterocycles. The second-order valence-electron chi connectivity index (χ2n) is 6.21. The van der Waals surface area contributed by atoms with Crippen LogP contribution in [0.3, 0.4) is 0 Å². The molecule has 0 aliphatic carbocycles. The largest absolute Gasteiger partial charge is 0.464 e. The van der Waals surface area contributed by atoms with Crippen molar-refractivity contribution in [3.05, 3.63) is 46.0 Å². The van der Waals surface area contributed by atoms with Crippen LogP contribution in [0.5, 0.6) is 0 Å². The Morgan fingerprint density at radius 1 is 1.46 bits per heavy atom. The van der Waals surface area contributed by atoms with E-state index in [-0.39, 0.29) is 18.2 Å². The molecule has 1 aliphatic rings. The first-order valence-corrected chi connectivity index (χ1v) is 9.25. The van der Waals surface area contributed by atoms with Crippen LogP contribution >= 0.6 is 11.3 Å². The zero-order chi connectivity index (χ0) is 16.9. The number of ether oxygens (including phenoxy) is 1. The Bertz CT molecular complexity index is 647. The third-order valence-corrected chi connectivity index (χ3v) is 5.05. The molecule has 2 atom stereocenters. The van der Waals surface area contributed by atoms with Gasteiger partial charge in [-0.2, -0.15) is 0 Å². The highest BCUT2D eigenvalue weighted by Gasteiger charge is 2.24. The number of rotatable bonds is 6. The first kappa shape index (κ1) is 17.0. The van der Waals surface area contributed by atoms with Crippen molar-refractivity contribution in [1.29, 1.82) is 0 Å². The van der Waals surface area contributed by atoms with Gasteiger partial charge in [-0.25, -0.2) is 4.79 Å². The van der Waals surface area contributed by atoms with Crippen molar-refractivity contribution < 1.29 is 13.9 Å². The average Bonchev–Trinajstić information content (AvgIpc) is 3.28. The lowest BCUT2D eigenvalue weighted by atomic mass is 10.2. The zero-order valence-electron chi connectivity index (χ0n) is 14.2. The normalized spacial score (nSPS) is 18.5. The van der Waals surface area contributed by atoms with Crippen LogP contribution in [-0.2, 0) is 11.3 Å². The number of urea groups is 1. The minimum Gasteiger partial charge on any atom is -0.464 e. The summed E-state index contributed by atoms with van der Waals surface area (Å²) in [4.78, 5) is 15.8. The molecule has 2 aromatic heterocycles. The van der Waals surface area contributed by atoms with Crippen molar-refractivity contribution in [3.63, 3.8) is 0 Å². The zero-order valence-corrected chi connectivity index (χ0v) is 15.0. The Morgan fingerprint density at radius 2 is 2.33 bits per heavy atom.